The molecule has 0 amide bonds. The molecule has 2 saturated heterocycles. The van der Waals surface area contributed by atoms with E-state index in [1.54, 1.807) is 0 Å². The van der Waals surface area contributed by atoms with Crippen LogP contribution in [0.15, 0.2) is 6.20 Å². The molecule has 5 nitrogen and oxygen atoms in total. The Kier molecular flexibility index (Phi) is 2.93. The zero-order chi connectivity index (χ0) is 13.7. The quantitative estimate of drug-likeness (QED) is 0.830. The first-order valence-corrected chi connectivity index (χ1v) is 7.80. The fourth-order valence-corrected chi connectivity index (χ4v) is 3.97. The van der Waals surface area contributed by atoms with Gasteiger partial charge < -0.3 is 10.6 Å². The van der Waals surface area contributed by atoms with E-state index in [1.165, 1.54) is 24.1 Å². The van der Waals surface area contributed by atoms with E-state index in [4.69, 9.17) is 10.7 Å². The van der Waals surface area contributed by atoms with Gasteiger partial charge in [0.25, 0.3) is 0 Å². The van der Waals surface area contributed by atoms with Crippen LogP contribution < -0.4 is 10.6 Å². The van der Waals surface area contributed by atoms with Gasteiger partial charge in [0.15, 0.2) is 0 Å². The van der Waals surface area contributed by atoms with Gasteiger partial charge in [-0.3, -0.25) is 4.90 Å². The topological polar surface area (TPSA) is 58.3 Å². The van der Waals surface area contributed by atoms with Crippen LogP contribution in [0, 0.1) is 0 Å². The minimum Gasteiger partial charge on any atom is -0.341 e. The minimum atomic E-state index is 0.355. The van der Waals surface area contributed by atoms with Crippen LogP contribution in [0.25, 0.3) is 0 Å². The molecule has 20 heavy (non-hydrogen) atoms. The third kappa shape index (κ3) is 1.91. The smallest absolute Gasteiger partial charge is 0.225 e. The molecule has 3 aliphatic heterocycles. The number of nitrogens with two attached hydrogens (primary N) is 1. The van der Waals surface area contributed by atoms with E-state index in [0.717, 1.165) is 38.3 Å². The maximum atomic E-state index is 5.97. The molecule has 2 atom stereocenters. The van der Waals surface area contributed by atoms with Crippen LogP contribution in [0.3, 0.4) is 0 Å². The summed E-state index contributed by atoms with van der Waals surface area (Å²) in [4.78, 5) is 14.3. The van der Waals surface area contributed by atoms with E-state index in [1.807, 2.05) is 0 Å². The fourth-order valence-electron chi connectivity index (χ4n) is 3.97. The molecule has 0 saturated carbocycles. The van der Waals surface area contributed by atoms with Gasteiger partial charge in [0.1, 0.15) is 0 Å². The molecule has 0 radical (unpaired) electrons. The summed E-state index contributed by atoms with van der Waals surface area (Å²) in [6, 6.07) is 1.59. The van der Waals surface area contributed by atoms with Crippen molar-refractivity contribution in [2.75, 3.05) is 25.0 Å². The van der Waals surface area contributed by atoms with Gasteiger partial charge in [-0.25, -0.2) is 9.97 Å². The summed E-state index contributed by atoms with van der Waals surface area (Å²) in [5.74, 6) is 0.916. The van der Waals surface area contributed by atoms with Crippen molar-refractivity contribution in [3.8, 4) is 0 Å². The third-order valence-corrected chi connectivity index (χ3v) is 5.34. The Balaban J connectivity index is 1.61. The Labute approximate surface area is 120 Å². The molecule has 108 valence electrons. The second kappa shape index (κ2) is 4.67. The molecule has 0 aromatic carbocycles. The number of fused-ring (bicyclic) bond motifs is 4. The lowest BCUT2D eigenvalue weighted by Crippen LogP contribution is -2.41. The maximum absolute atomic E-state index is 5.97. The second-order valence-corrected chi connectivity index (χ2v) is 6.51. The molecule has 2 N–H and O–H groups in total. The van der Waals surface area contributed by atoms with Crippen LogP contribution in [-0.2, 0) is 6.42 Å². The molecule has 2 bridgehead atoms. The number of hydrogen-bond acceptors (Lipinski definition) is 5. The Bertz CT molecular complexity index is 509. The molecule has 0 aliphatic carbocycles. The minimum absolute atomic E-state index is 0.355. The summed E-state index contributed by atoms with van der Waals surface area (Å²) >= 11 is 0. The molecule has 4 heterocycles. The highest BCUT2D eigenvalue weighted by Crippen LogP contribution is 2.41. The lowest BCUT2D eigenvalue weighted by molar-refractivity contribution is 0.221. The zero-order valence-corrected chi connectivity index (χ0v) is 12.1. The third-order valence-electron chi connectivity index (χ3n) is 5.34. The SMILES string of the molecule is CN1C2CCC1c1cnc(N3CCC(N)CC3)nc1C2. The van der Waals surface area contributed by atoms with Crippen LogP contribution in [0.2, 0.25) is 0 Å². The van der Waals surface area contributed by atoms with E-state index in [0.29, 0.717) is 18.1 Å². The van der Waals surface area contributed by atoms with E-state index >= 15 is 0 Å². The van der Waals surface area contributed by atoms with Crippen molar-refractivity contribution < 1.29 is 0 Å². The van der Waals surface area contributed by atoms with E-state index in [9.17, 15) is 0 Å². The normalized spacial score (nSPS) is 30.6. The van der Waals surface area contributed by atoms with Crippen LogP contribution in [0.1, 0.15) is 43.0 Å². The summed E-state index contributed by atoms with van der Waals surface area (Å²) in [6.07, 6.45) is 7.82. The first-order valence-electron chi connectivity index (χ1n) is 7.80. The van der Waals surface area contributed by atoms with Crippen LogP contribution in [0.5, 0.6) is 0 Å². The lowest BCUT2D eigenvalue weighted by atomic mass is 10.0. The standard InChI is InChI=1S/C15H23N5/c1-19-11-2-3-14(19)12-9-17-15(18-13(12)8-11)20-6-4-10(16)5-7-20/h9-11,14H,2-8,16H2,1H3. The molecule has 3 aliphatic rings. The van der Waals surface area contributed by atoms with E-state index in [2.05, 4.69) is 28.0 Å². The van der Waals surface area contributed by atoms with E-state index in [-0.39, 0.29) is 0 Å². The van der Waals surface area contributed by atoms with Gasteiger partial charge >= 0.3 is 0 Å². The van der Waals surface area contributed by atoms with Crippen molar-refractivity contribution in [2.45, 2.75) is 50.2 Å². The predicted molar refractivity (Wildman–Crippen MR) is 78.7 cm³/mol. The Morgan fingerprint density at radius 3 is 2.80 bits per heavy atom. The summed E-state index contributed by atoms with van der Waals surface area (Å²) < 4.78 is 0. The molecule has 2 fully saturated rings. The lowest BCUT2D eigenvalue weighted by Gasteiger charge is -2.34. The van der Waals surface area contributed by atoms with E-state index < -0.39 is 0 Å². The maximum Gasteiger partial charge on any atom is 0.225 e. The number of piperidine rings is 1. The van der Waals surface area contributed by atoms with Crippen molar-refractivity contribution in [3.05, 3.63) is 17.5 Å². The number of nitrogens with zero attached hydrogens (tertiary/aromatic N) is 4. The molecular formula is C15H23N5. The van der Waals surface area contributed by atoms with Gasteiger partial charge in [0, 0.05) is 49.4 Å². The van der Waals surface area contributed by atoms with Crippen molar-refractivity contribution in [1.29, 1.82) is 0 Å². The summed E-state index contributed by atoms with van der Waals surface area (Å²) in [5.41, 5.74) is 8.62. The van der Waals surface area contributed by atoms with Gasteiger partial charge in [-0.1, -0.05) is 0 Å². The van der Waals surface area contributed by atoms with Crippen LogP contribution in [0.4, 0.5) is 5.95 Å². The van der Waals surface area contributed by atoms with Gasteiger partial charge in [0.2, 0.25) is 5.95 Å². The summed E-state index contributed by atoms with van der Waals surface area (Å²) in [6.45, 7) is 1.99. The Morgan fingerprint density at radius 2 is 2.00 bits per heavy atom. The van der Waals surface area contributed by atoms with Gasteiger partial charge in [-0.05, 0) is 32.7 Å². The summed E-state index contributed by atoms with van der Waals surface area (Å²) in [5, 5.41) is 0. The Morgan fingerprint density at radius 1 is 1.20 bits per heavy atom. The largest absolute Gasteiger partial charge is 0.341 e. The van der Waals surface area contributed by atoms with Crippen LogP contribution in [-0.4, -0.2) is 47.1 Å². The monoisotopic (exact) mass is 273 g/mol. The molecule has 1 aromatic rings. The van der Waals surface area contributed by atoms with Gasteiger partial charge in [-0.2, -0.15) is 0 Å². The first-order chi connectivity index (χ1) is 9.72. The van der Waals surface area contributed by atoms with Gasteiger partial charge in [0.05, 0.1) is 5.69 Å². The zero-order valence-electron chi connectivity index (χ0n) is 12.1. The number of anilines is 1. The molecule has 0 spiro atoms. The predicted octanol–water partition coefficient (Wildman–Crippen LogP) is 1.10. The Hall–Kier alpha value is -1.20. The number of rotatable bonds is 1. The average molecular weight is 273 g/mol. The molecule has 1 aromatic heterocycles. The van der Waals surface area contributed by atoms with Gasteiger partial charge in [-0.15, -0.1) is 0 Å². The molecule has 2 unspecified atom stereocenters. The highest BCUT2D eigenvalue weighted by Gasteiger charge is 2.38. The number of hydrogen-bond donors (Lipinski definition) is 1. The summed E-state index contributed by atoms with van der Waals surface area (Å²) in [7, 11) is 2.24. The fraction of sp³-hybridized carbons (Fsp3) is 0.733. The number of aromatic nitrogens is 2. The molecule has 5 heteroatoms. The first kappa shape index (κ1) is 12.5. The van der Waals surface area contributed by atoms with Crippen molar-refractivity contribution >= 4 is 5.95 Å². The van der Waals surface area contributed by atoms with Crippen molar-refractivity contribution in [1.82, 2.24) is 14.9 Å². The van der Waals surface area contributed by atoms with Crippen molar-refractivity contribution in [2.24, 2.45) is 5.73 Å². The second-order valence-electron chi connectivity index (χ2n) is 6.51. The van der Waals surface area contributed by atoms with Crippen LogP contribution >= 0.6 is 0 Å². The highest BCUT2D eigenvalue weighted by molar-refractivity contribution is 5.37. The van der Waals surface area contributed by atoms with Crippen molar-refractivity contribution in [3.63, 3.8) is 0 Å². The molecule has 4 rings (SSSR count). The highest BCUT2D eigenvalue weighted by atomic mass is 15.3. The average Bonchev–Trinajstić information content (AvgIpc) is 2.71. The number of likely N-dealkylation sites (N-methyl/N-ethyl adjacent to an activating group) is 1. The molecular weight excluding hydrogens is 250 g/mol.